The second-order valence-electron chi connectivity index (χ2n) is 6.88. The Morgan fingerprint density at radius 1 is 1.06 bits per heavy atom. The van der Waals surface area contributed by atoms with Crippen molar-refractivity contribution in [2.45, 2.75) is 60.5 Å². The lowest BCUT2D eigenvalue weighted by Crippen LogP contribution is -2.37. The fourth-order valence-electron chi connectivity index (χ4n) is 1.74. The van der Waals surface area contributed by atoms with Gasteiger partial charge >= 0.3 is 5.97 Å². The predicted octanol–water partition coefficient (Wildman–Crippen LogP) is 2.76. The third kappa shape index (κ3) is 5.50. The minimum atomic E-state index is -0.570. The molecular weight excluding hydrogens is 204 g/mol. The largest absolute Gasteiger partial charge is 0.460 e. The number of aliphatic hydroxyl groups is 1. The van der Waals surface area contributed by atoms with Crippen LogP contribution >= 0.6 is 0 Å². The van der Waals surface area contributed by atoms with Gasteiger partial charge < -0.3 is 9.84 Å². The summed E-state index contributed by atoms with van der Waals surface area (Å²) in [5.41, 5.74) is -1.29. The zero-order valence-electron chi connectivity index (χ0n) is 11.7. The molecule has 0 atom stereocenters. The van der Waals surface area contributed by atoms with Crippen LogP contribution in [-0.4, -0.2) is 23.3 Å². The molecule has 0 heterocycles. The highest BCUT2D eigenvalue weighted by molar-refractivity contribution is 5.76. The highest BCUT2D eigenvalue weighted by Gasteiger charge is 2.37. The van der Waals surface area contributed by atoms with Gasteiger partial charge in [0, 0.05) is 6.61 Å². The summed E-state index contributed by atoms with van der Waals surface area (Å²) in [4.78, 5) is 12.0. The highest BCUT2D eigenvalue weighted by atomic mass is 16.6. The van der Waals surface area contributed by atoms with E-state index in [1.54, 1.807) is 0 Å². The van der Waals surface area contributed by atoms with E-state index in [4.69, 9.17) is 4.74 Å². The van der Waals surface area contributed by atoms with E-state index >= 15 is 0 Å². The van der Waals surface area contributed by atoms with Crippen LogP contribution in [0.2, 0.25) is 0 Å². The molecule has 16 heavy (non-hydrogen) atoms. The molecule has 0 saturated carbocycles. The first kappa shape index (κ1) is 15.4. The van der Waals surface area contributed by atoms with Gasteiger partial charge in [0.15, 0.2) is 0 Å². The van der Waals surface area contributed by atoms with Crippen molar-refractivity contribution in [2.24, 2.45) is 10.8 Å². The van der Waals surface area contributed by atoms with E-state index in [1.807, 2.05) is 48.5 Å². The van der Waals surface area contributed by atoms with Crippen molar-refractivity contribution in [1.82, 2.24) is 0 Å². The van der Waals surface area contributed by atoms with Gasteiger partial charge in [0.1, 0.15) is 5.60 Å². The van der Waals surface area contributed by atoms with Crippen LogP contribution in [0.3, 0.4) is 0 Å². The molecule has 3 heteroatoms. The molecule has 0 aliphatic carbocycles. The number of esters is 1. The molecule has 0 fully saturated rings. The lowest BCUT2D eigenvalue weighted by Gasteiger charge is -2.34. The number of rotatable bonds is 4. The molecule has 3 nitrogen and oxygen atoms in total. The summed E-state index contributed by atoms with van der Waals surface area (Å²) < 4.78 is 5.37. The van der Waals surface area contributed by atoms with Crippen molar-refractivity contribution in [3.8, 4) is 0 Å². The maximum atomic E-state index is 12.0. The van der Waals surface area contributed by atoms with Gasteiger partial charge in [0.2, 0.25) is 0 Å². The lowest BCUT2D eigenvalue weighted by molar-refractivity contribution is -0.167. The minimum Gasteiger partial charge on any atom is -0.460 e. The third-order valence-corrected chi connectivity index (χ3v) is 2.30. The summed E-state index contributed by atoms with van der Waals surface area (Å²) in [5.74, 6) is -0.207. The average molecular weight is 230 g/mol. The molecule has 0 aliphatic rings. The first-order chi connectivity index (χ1) is 6.90. The molecule has 0 aromatic heterocycles. The summed E-state index contributed by atoms with van der Waals surface area (Å²) in [5, 5.41) is 9.22. The van der Waals surface area contributed by atoms with Crippen molar-refractivity contribution < 1.29 is 14.6 Å². The zero-order valence-corrected chi connectivity index (χ0v) is 11.7. The third-order valence-electron chi connectivity index (χ3n) is 2.30. The quantitative estimate of drug-likeness (QED) is 0.755. The normalized spacial score (nSPS) is 13.8. The molecule has 0 radical (unpaired) electrons. The van der Waals surface area contributed by atoms with Crippen LogP contribution in [0.25, 0.3) is 0 Å². The van der Waals surface area contributed by atoms with E-state index in [0.717, 1.165) is 0 Å². The molecule has 96 valence electrons. The molecule has 0 aliphatic heterocycles. The van der Waals surface area contributed by atoms with Crippen LogP contribution in [0.4, 0.5) is 0 Å². The summed E-state index contributed by atoms with van der Waals surface area (Å²) >= 11 is 0. The number of carbonyl (C=O) groups excluding carboxylic acids is 1. The van der Waals surface area contributed by atoms with Gasteiger partial charge in [-0.25, -0.2) is 0 Å². The van der Waals surface area contributed by atoms with Gasteiger partial charge in [0.25, 0.3) is 0 Å². The van der Waals surface area contributed by atoms with Crippen molar-refractivity contribution in [3.05, 3.63) is 0 Å². The first-order valence-electron chi connectivity index (χ1n) is 5.74. The average Bonchev–Trinajstić information content (AvgIpc) is 1.99. The Kier molecular flexibility index (Phi) is 4.57. The molecule has 0 aromatic rings. The Morgan fingerprint density at radius 3 is 1.81 bits per heavy atom. The molecule has 0 bridgehead atoms. The standard InChI is InChI=1S/C13H26O3/c1-11(2,3)16-10(15)13(6,7)8-12(4,5)9-14/h14H,8-9H2,1-7H3. The Balaban J connectivity index is 4.61. The minimum absolute atomic E-state index is 0.0687. The van der Waals surface area contributed by atoms with Crippen LogP contribution in [-0.2, 0) is 9.53 Å². The monoisotopic (exact) mass is 230 g/mol. The molecular formula is C13H26O3. The second kappa shape index (κ2) is 4.74. The van der Waals surface area contributed by atoms with Crippen LogP contribution in [0, 0.1) is 10.8 Å². The molecule has 0 saturated heterocycles. The topological polar surface area (TPSA) is 46.5 Å². The van der Waals surface area contributed by atoms with E-state index < -0.39 is 11.0 Å². The smallest absolute Gasteiger partial charge is 0.312 e. The van der Waals surface area contributed by atoms with Crippen LogP contribution in [0.15, 0.2) is 0 Å². The summed E-state index contributed by atoms with van der Waals surface area (Å²) in [7, 11) is 0. The Bertz CT molecular complexity index is 246. The van der Waals surface area contributed by atoms with Crippen molar-refractivity contribution >= 4 is 5.97 Å². The fraction of sp³-hybridized carbons (Fsp3) is 0.923. The summed E-state index contributed by atoms with van der Waals surface area (Å²) in [6.07, 6.45) is 0.603. The Labute approximate surface area is 99.2 Å². The van der Waals surface area contributed by atoms with E-state index in [2.05, 4.69) is 0 Å². The molecule has 1 N–H and O–H groups in total. The van der Waals surface area contributed by atoms with Gasteiger partial charge in [-0.1, -0.05) is 13.8 Å². The number of carbonyl (C=O) groups is 1. The summed E-state index contributed by atoms with van der Waals surface area (Å²) in [6, 6.07) is 0. The van der Waals surface area contributed by atoms with Gasteiger partial charge in [-0.2, -0.15) is 0 Å². The van der Waals surface area contributed by atoms with E-state index in [-0.39, 0.29) is 18.0 Å². The van der Waals surface area contributed by atoms with E-state index in [9.17, 15) is 9.90 Å². The van der Waals surface area contributed by atoms with E-state index in [0.29, 0.717) is 6.42 Å². The van der Waals surface area contributed by atoms with Crippen LogP contribution < -0.4 is 0 Å². The van der Waals surface area contributed by atoms with Crippen LogP contribution in [0.5, 0.6) is 0 Å². The second-order valence-corrected chi connectivity index (χ2v) is 6.88. The lowest BCUT2D eigenvalue weighted by atomic mass is 9.75. The first-order valence-corrected chi connectivity index (χ1v) is 5.74. The predicted molar refractivity (Wildman–Crippen MR) is 65.1 cm³/mol. The zero-order chi connectivity index (χ0) is 13.2. The fourth-order valence-corrected chi connectivity index (χ4v) is 1.74. The van der Waals surface area contributed by atoms with Crippen molar-refractivity contribution in [2.75, 3.05) is 6.61 Å². The van der Waals surface area contributed by atoms with Gasteiger partial charge in [-0.15, -0.1) is 0 Å². The molecule has 0 spiro atoms. The van der Waals surface area contributed by atoms with E-state index in [1.165, 1.54) is 0 Å². The molecule has 0 amide bonds. The maximum Gasteiger partial charge on any atom is 0.312 e. The van der Waals surface area contributed by atoms with Gasteiger partial charge in [-0.05, 0) is 46.5 Å². The van der Waals surface area contributed by atoms with Crippen LogP contribution in [0.1, 0.15) is 54.9 Å². The number of ether oxygens (including phenoxy) is 1. The van der Waals surface area contributed by atoms with Gasteiger partial charge in [-0.3, -0.25) is 4.79 Å². The van der Waals surface area contributed by atoms with Crippen molar-refractivity contribution in [1.29, 1.82) is 0 Å². The number of hydrogen-bond donors (Lipinski definition) is 1. The Morgan fingerprint density at radius 2 is 1.50 bits per heavy atom. The number of aliphatic hydroxyl groups excluding tert-OH is 1. The van der Waals surface area contributed by atoms with Crippen molar-refractivity contribution in [3.63, 3.8) is 0 Å². The Hall–Kier alpha value is -0.570. The number of hydrogen-bond acceptors (Lipinski definition) is 3. The molecule has 0 unspecified atom stereocenters. The van der Waals surface area contributed by atoms with Gasteiger partial charge in [0.05, 0.1) is 5.41 Å². The SMILES string of the molecule is CC(C)(CO)CC(C)(C)C(=O)OC(C)(C)C. The highest BCUT2D eigenvalue weighted by Crippen LogP contribution is 2.35. The summed E-state index contributed by atoms with van der Waals surface area (Å²) in [6.45, 7) is 13.3. The molecule has 0 rings (SSSR count). The maximum absolute atomic E-state index is 12.0. The molecule has 0 aromatic carbocycles.